The topological polar surface area (TPSA) is 78.4 Å². The standard InChI is InChI=1S/C18H26N2O3/c21-16(15-9-5-2-6-10-15)13-20-18(23)17(22)19-12-11-14-7-3-1-4-8-14/h1,3-4,7-8,15-16,21H,2,5-6,9-13H2,(H,19,22)(H,20,23)/t16-/m0/s1. The SMILES string of the molecule is O=C(NCCc1ccccc1)C(=O)NC[C@H](O)C1CCCCC1. The summed E-state index contributed by atoms with van der Waals surface area (Å²) in [6.45, 7) is 0.567. The Hall–Kier alpha value is -1.88. The Morgan fingerprint density at radius 1 is 1.04 bits per heavy atom. The molecular weight excluding hydrogens is 292 g/mol. The summed E-state index contributed by atoms with van der Waals surface area (Å²) in [6.07, 6.45) is 5.62. The number of aliphatic hydroxyl groups excluding tert-OH is 1. The molecule has 23 heavy (non-hydrogen) atoms. The van der Waals surface area contributed by atoms with Crippen LogP contribution in [-0.2, 0) is 16.0 Å². The zero-order valence-corrected chi connectivity index (χ0v) is 13.5. The van der Waals surface area contributed by atoms with Crippen molar-refractivity contribution in [2.45, 2.75) is 44.6 Å². The van der Waals surface area contributed by atoms with Crippen LogP contribution in [0.1, 0.15) is 37.7 Å². The van der Waals surface area contributed by atoms with Crippen LogP contribution in [-0.4, -0.2) is 36.1 Å². The van der Waals surface area contributed by atoms with Gasteiger partial charge in [-0.25, -0.2) is 0 Å². The van der Waals surface area contributed by atoms with Gasteiger partial charge in [0.1, 0.15) is 0 Å². The molecule has 1 aromatic carbocycles. The highest BCUT2D eigenvalue weighted by atomic mass is 16.3. The monoisotopic (exact) mass is 318 g/mol. The van der Waals surface area contributed by atoms with Crippen LogP contribution in [0.15, 0.2) is 30.3 Å². The van der Waals surface area contributed by atoms with Crippen molar-refractivity contribution in [3.63, 3.8) is 0 Å². The van der Waals surface area contributed by atoms with E-state index in [2.05, 4.69) is 10.6 Å². The predicted molar refractivity (Wildman–Crippen MR) is 88.7 cm³/mol. The summed E-state index contributed by atoms with van der Waals surface area (Å²) in [5, 5.41) is 15.2. The predicted octanol–water partition coefficient (Wildman–Crippen LogP) is 1.40. The molecule has 1 aliphatic carbocycles. The third-order valence-corrected chi connectivity index (χ3v) is 4.41. The van der Waals surface area contributed by atoms with Gasteiger partial charge in [0.25, 0.3) is 0 Å². The van der Waals surface area contributed by atoms with Crippen LogP contribution < -0.4 is 10.6 Å². The maximum absolute atomic E-state index is 11.7. The van der Waals surface area contributed by atoms with E-state index >= 15 is 0 Å². The van der Waals surface area contributed by atoms with Gasteiger partial charge >= 0.3 is 11.8 Å². The van der Waals surface area contributed by atoms with Gasteiger partial charge in [0, 0.05) is 13.1 Å². The number of hydrogen-bond donors (Lipinski definition) is 3. The molecule has 5 nitrogen and oxygen atoms in total. The van der Waals surface area contributed by atoms with Crippen LogP contribution in [0.2, 0.25) is 0 Å². The summed E-state index contributed by atoms with van der Waals surface area (Å²) in [5.41, 5.74) is 1.11. The molecule has 1 saturated carbocycles. The van der Waals surface area contributed by atoms with Gasteiger partial charge < -0.3 is 15.7 Å². The van der Waals surface area contributed by atoms with Crippen LogP contribution >= 0.6 is 0 Å². The lowest BCUT2D eigenvalue weighted by Gasteiger charge is -2.26. The molecule has 0 heterocycles. The Bertz CT molecular complexity index is 498. The number of aliphatic hydroxyl groups is 1. The third-order valence-electron chi connectivity index (χ3n) is 4.41. The van der Waals surface area contributed by atoms with Crippen molar-refractivity contribution in [1.29, 1.82) is 0 Å². The van der Waals surface area contributed by atoms with E-state index in [9.17, 15) is 14.7 Å². The normalized spacial score (nSPS) is 16.6. The molecule has 0 bridgehead atoms. The maximum atomic E-state index is 11.7. The summed E-state index contributed by atoms with van der Waals surface area (Å²) in [6, 6.07) is 9.78. The Kier molecular flexibility index (Phi) is 7.07. The Morgan fingerprint density at radius 3 is 2.39 bits per heavy atom. The minimum Gasteiger partial charge on any atom is -0.391 e. The van der Waals surface area contributed by atoms with Gasteiger partial charge in [-0.15, -0.1) is 0 Å². The number of amides is 2. The summed E-state index contributed by atoms with van der Waals surface area (Å²) in [5.74, 6) is -1.07. The average molecular weight is 318 g/mol. The lowest BCUT2D eigenvalue weighted by molar-refractivity contribution is -0.139. The second kappa shape index (κ2) is 9.30. The zero-order valence-electron chi connectivity index (χ0n) is 13.5. The van der Waals surface area contributed by atoms with Crippen molar-refractivity contribution in [2.24, 2.45) is 5.92 Å². The molecule has 2 rings (SSSR count). The van der Waals surface area contributed by atoms with Gasteiger partial charge in [0.05, 0.1) is 6.10 Å². The lowest BCUT2D eigenvalue weighted by atomic mass is 9.85. The highest BCUT2D eigenvalue weighted by Gasteiger charge is 2.23. The van der Waals surface area contributed by atoms with Crippen molar-refractivity contribution < 1.29 is 14.7 Å². The summed E-state index contributed by atoms with van der Waals surface area (Å²) < 4.78 is 0. The van der Waals surface area contributed by atoms with E-state index in [-0.39, 0.29) is 12.5 Å². The smallest absolute Gasteiger partial charge is 0.309 e. The fourth-order valence-corrected chi connectivity index (χ4v) is 3.01. The van der Waals surface area contributed by atoms with Gasteiger partial charge in [-0.2, -0.15) is 0 Å². The van der Waals surface area contributed by atoms with Gasteiger partial charge in [-0.05, 0) is 30.7 Å². The van der Waals surface area contributed by atoms with Gasteiger partial charge in [0.15, 0.2) is 0 Å². The van der Waals surface area contributed by atoms with Crippen molar-refractivity contribution in [1.82, 2.24) is 10.6 Å². The Balaban J connectivity index is 1.63. The van der Waals surface area contributed by atoms with E-state index < -0.39 is 17.9 Å². The summed E-state index contributed by atoms with van der Waals surface area (Å²) in [7, 11) is 0. The molecule has 2 amide bonds. The average Bonchev–Trinajstić information content (AvgIpc) is 2.61. The van der Waals surface area contributed by atoms with Crippen molar-refractivity contribution in [3.05, 3.63) is 35.9 Å². The van der Waals surface area contributed by atoms with E-state index in [4.69, 9.17) is 0 Å². The zero-order chi connectivity index (χ0) is 16.5. The van der Waals surface area contributed by atoms with Gasteiger partial charge in [0.2, 0.25) is 0 Å². The molecule has 3 N–H and O–H groups in total. The van der Waals surface area contributed by atoms with E-state index in [1.807, 2.05) is 30.3 Å². The van der Waals surface area contributed by atoms with E-state index in [0.717, 1.165) is 31.2 Å². The Morgan fingerprint density at radius 2 is 1.70 bits per heavy atom. The van der Waals surface area contributed by atoms with E-state index in [1.54, 1.807) is 0 Å². The number of benzene rings is 1. The molecule has 0 saturated heterocycles. The summed E-state index contributed by atoms with van der Waals surface area (Å²) >= 11 is 0. The molecule has 0 aromatic heterocycles. The van der Waals surface area contributed by atoms with Gasteiger partial charge in [-0.3, -0.25) is 9.59 Å². The summed E-state index contributed by atoms with van der Waals surface area (Å²) in [4.78, 5) is 23.5. The van der Waals surface area contributed by atoms with Crippen LogP contribution in [0.25, 0.3) is 0 Å². The quantitative estimate of drug-likeness (QED) is 0.694. The second-order valence-electron chi connectivity index (χ2n) is 6.17. The van der Waals surface area contributed by atoms with Crippen LogP contribution in [0.4, 0.5) is 0 Å². The minimum absolute atomic E-state index is 0.148. The number of rotatable bonds is 6. The number of hydrogen-bond acceptors (Lipinski definition) is 3. The molecule has 1 aliphatic rings. The third kappa shape index (κ3) is 6.02. The molecule has 0 spiro atoms. The first-order valence-corrected chi connectivity index (χ1v) is 8.45. The highest BCUT2D eigenvalue weighted by Crippen LogP contribution is 2.26. The number of nitrogens with one attached hydrogen (secondary N) is 2. The van der Waals surface area contributed by atoms with E-state index in [0.29, 0.717) is 13.0 Å². The second-order valence-corrected chi connectivity index (χ2v) is 6.17. The maximum Gasteiger partial charge on any atom is 0.309 e. The van der Waals surface area contributed by atoms with Crippen LogP contribution in [0.5, 0.6) is 0 Å². The molecule has 126 valence electrons. The van der Waals surface area contributed by atoms with Crippen LogP contribution in [0, 0.1) is 5.92 Å². The minimum atomic E-state index is -0.673. The lowest BCUT2D eigenvalue weighted by Crippen LogP contribution is -2.44. The molecule has 0 aliphatic heterocycles. The fourth-order valence-electron chi connectivity index (χ4n) is 3.01. The Labute approximate surface area is 137 Å². The molecular formula is C18H26N2O3. The van der Waals surface area contributed by atoms with Crippen molar-refractivity contribution in [3.8, 4) is 0 Å². The highest BCUT2D eigenvalue weighted by molar-refractivity contribution is 6.35. The molecule has 1 atom stereocenters. The first kappa shape index (κ1) is 17.5. The molecule has 1 aromatic rings. The van der Waals surface area contributed by atoms with Crippen molar-refractivity contribution >= 4 is 11.8 Å². The largest absolute Gasteiger partial charge is 0.391 e. The molecule has 1 fully saturated rings. The number of carbonyl (C=O) groups is 2. The number of carbonyl (C=O) groups excluding carboxylic acids is 2. The molecule has 0 unspecified atom stereocenters. The van der Waals surface area contributed by atoms with Crippen LogP contribution in [0.3, 0.4) is 0 Å². The first-order valence-electron chi connectivity index (χ1n) is 8.45. The first-order chi connectivity index (χ1) is 11.2. The molecule has 5 heteroatoms. The van der Waals surface area contributed by atoms with E-state index in [1.165, 1.54) is 6.42 Å². The van der Waals surface area contributed by atoms with Gasteiger partial charge in [-0.1, -0.05) is 49.6 Å². The molecule has 0 radical (unpaired) electrons. The fraction of sp³-hybridized carbons (Fsp3) is 0.556. The van der Waals surface area contributed by atoms with Crippen molar-refractivity contribution in [2.75, 3.05) is 13.1 Å².